The average molecular weight is 970 g/mol. The first-order valence-corrected chi connectivity index (χ1v) is 28.5. The van der Waals surface area contributed by atoms with Gasteiger partial charge in [-0.25, -0.2) is 0 Å². The van der Waals surface area contributed by atoms with Gasteiger partial charge in [0.05, 0.1) is 0 Å². The lowest BCUT2D eigenvalue weighted by molar-refractivity contribution is -0.167. The smallest absolute Gasteiger partial charge is 0.306 e. The van der Waals surface area contributed by atoms with Crippen LogP contribution in [0, 0.1) is 0 Å². The van der Waals surface area contributed by atoms with Gasteiger partial charge in [0.1, 0.15) is 13.2 Å². The Bertz CT molecular complexity index is 1490. The third-order valence-corrected chi connectivity index (χ3v) is 11.7. The molecule has 0 aliphatic carbocycles. The van der Waals surface area contributed by atoms with Crippen molar-refractivity contribution in [1.29, 1.82) is 0 Å². The van der Waals surface area contributed by atoms with E-state index in [4.69, 9.17) is 14.2 Å². The Morgan fingerprint density at radius 1 is 0.300 bits per heavy atom. The Morgan fingerprint density at radius 3 is 0.957 bits per heavy atom. The van der Waals surface area contributed by atoms with Crippen molar-refractivity contribution in [2.75, 3.05) is 13.2 Å². The van der Waals surface area contributed by atoms with Gasteiger partial charge in [0.2, 0.25) is 0 Å². The Hall–Kier alpha value is -4.19. The Morgan fingerprint density at radius 2 is 0.586 bits per heavy atom. The van der Waals surface area contributed by atoms with Gasteiger partial charge in [0.15, 0.2) is 6.10 Å². The first-order chi connectivity index (χ1) is 34.5. The number of carbonyl (C=O) groups excluding carboxylic acids is 3. The SMILES string of the molecule is CC/C=C\C/C=C\C/C=C\C/C=C\C/C=C\CCCC(=O)OC(COC(=O)CCCCCCC/C=C\C/C=C\CCCC)COC(=O)CCCCCCCC/C=C\C/C=C\C/C=C\CCCCCCC. The fraction of sp³-hybridized carbons (Fsp3) is 0.641. The summed E-state index contributed by atoms with van der Waals surface area (Å²) in [4.78, 5) is 38.1. The molecule has 396 valence electrons. The zero-order valence-electron chi connectivity index (χ0n) is 45.2. The van der Waals surface area contributed by atoms with E-state index in [1.165, 1.54) is 70.6 Å². The molecular formula is C64H104O6. The van der Waals surface area contributed by atoms with Crippen LogP contribution in [0.5, 0.6) is 0 Å². The average Bonchev–Trinajstić information content (AvgIpc) is 3.36. The molecule has 0 aromatic heterocycles. The van der Waals surface area contributed by atoms with Crippen LogP contribution in [0.3, 0.4) is 0 Å². The molecule has 6 nitrogen and oxygen atoms in total. The van der Waals surface area contributed by atoms with Gasteiger partial charge in [-0.05, 0) is 122 Å². The lowest BCUT2D eigenvalue weighted by Crippen LogP contribution is -2.30. The molecule has 0 saturated carbocycles. The number of ether oxygens (including phenoxy) is 3. The Labute approximate surface area is 431 Å². The van der Waals surface area contributed by atoms with Gasteiger partial charge in [-0.2, -0.15) is 0 Å². The minimum Gasteiger partial charge on any atom is -0.462 e. The van der Waals surface area contributed by atoms with E-state index in [1.807, 2.05) is 0 Å². The Balaban J connectivity index is 4.51. The molecule has 0 N–H and O–H groups in total. The van der Waals surface area contributed by atoms with Crippen molar-refractivity contribution in [2.45, 2.75) is 252 Å². The van der Waals surface area contributed by atoms with Crippen molar-refractivity contribution in [3.8, 4) is 0 Å². The van der Waals surface area contributed by atoms with Gasteiger partial charge in [0.25, 0.3) is 0 Å². The molecule has 0 amide bonds. The zero-order valence-corrected chi connectivity index (χ0v) is 45.2. The molecule has 0 aromatic rings. The summed E-state index contributed by atoms with van der Waals surface area (Å²) in [6, 6.07) is 0. The molecule has 0 aromatic carbocycles. The lowest BCUT2D eigenvalue weighted by Gasteiger charge is -2.18. The molecule has 0 radical (unpaired) electrons. The molecule has 0 spiro atoms. The second-order valence-electron chi connectivity index (χ2n) is 18.5. The van der Waals surface area contributed by atoms with Crippen LogP contribution in [-0.4, -0.2) is 37.2 Å². The van der Waals surface area contributed by atoms with Crippen molar-refractivity contribution >= 4 is 17.9 Å². The van der Waals surface area contributed by atoms with E-state index < -0.39 is 6.10 Å². The standard InChI is InChI=1S/C64H104O6/c1-4-7-10-13-16-19-22-25-28-30-31-32-33-35-36-39-42-45-48-51-54-57-63(66)69-60-61(59-68-62(65)56-53-50-47-44-41-38-27-24-21-18-15-12-9-6-3)70-64(67)58-55-52-49-46-43-40-37-34-29-26-23-20-17-14-11-8-5-2/h8,11,15,17-18,20,22,24-27,29-31,33,35,37,40,46,49,61H,4-7,9-10,12-14,16,19,21,23,28,32,34,36,38-39,41-45,47-48,50-60H2,1-3H3/b11-8-,18-15-,20-17-,25-22-,27-24-,29-26-,31-30-,35-33-,40-37-,49-46-. The number of carbonyl (C=O) groups is 3. The van der Waals surface area contributed by atoms with Crippen LogP contribution in [0.4, 0.5) is 0 Å². The normalized spacial score (nSPS) is 13.0. The number of unbranched alkanes of at least 4 members (excludes halogenated alkanes) is 19. The van der Waals surface area contributed by atoms with Gasteiger partial charge in [-0.1, -0.05) is 226 Å². The minimum atomic E-state index is -0.823. The van der Waals surface area contributed by atoms with Crippen LogP contribution in [0.25, 0.3) is 0 Å². The Kier molecular flexibility index (Phi) is 54.0. The monoisotopic (exact) mass is 969 g/mol. The van der Waals surface area contributed by atoms with Crippen LogP contribution in [0.1, 0.15) is 245 Å². The summed E-state index contributed by atoms with van der Waals surface area (Å²) in [5, 5.41) is 0. The van der Waals surface area contributed by atoms with E-state index in [9.17, 15) is 14.4 Å². The van der Waals surface area contributed by atoms with Gasteiger partial charge >= 0.3 is 17.9 Å². The first kappa shape index (κ1) is 65.8. The first-order valence-electron chi connectivity index (χ1n) is 28.5. The number of hydrogen-bond acceptors (Lipinski definition) is 6. The van der Waals surface area contributed by atoms with Crippen LogP contribution >= 0.6 is 0 Å². The maximum atomic E-state index is 12.8. The molecule has 0 bridgehead atoms. The van der Waals surface area contributed by atoms with Gasteiger partial charge < -0.3 is 14.2 Å². The molecule has 0 heterocycles. The van der Waals surface area contributed by atoms with Gasteiger partial charge in [0, 0.05) is 19.3 Å². The summed E-state index contributed by atoms with van der Waals surface area (Å²) in [7, 11) is 0. The molecule has 1 atom stereocenters. The molecule has 0 aliphatic rings. The predicted octanol–water partition coefficient (Wildman–Crippen LogP) is 19.3. The summed E-state index contributed by atoms with van der Waals surface area (Å²) in [5.41, 5.74) is 0. The molecule has 0 aliphatic heterocycles. The van der Waals surface area contributed by atoms with Gasteiger partial charge in [-0.15, -0.1) is 0 Å². The third kappa shape index (κ3) is 54.7. The fourth-order valence-electron chi connectivity index (χ4n) is 7.38. The van der Waals surface area contributed by atoms with Crippen LogP contribution in [0.15, 0.2) is 122 Å². The van der Waals surface area contributed by atoms with E-state index in [1.54, 1.807) is 0 Å². The van der Waals surface area contributed by atoms with E-state index in [-0.39, 0.29) is 37.5 Å². The highest BCUT2D eigenvalue weighted by Crippen LogP contribution is 2.13. The van der Waals surface area contributed by atoms with Gasteiger partial charge in [-0.3, -0.25) is 14.4 Å². The highest BCUT2D eigenvalue weighted by molar-refractivity contribution is 5.71. The minimum absolute atomic E-state index is 0.115. The van der Waals surface area contributed by atoms with Crippen molar-refractivity contribution in [3.05, 3.63) is 122 Å². The molecule has 0 fully saturated rings. The topological polar surface area (TPSA) is 78.9 Å². The second kappa shape index (κ2) is 57.4. The highest BCUT2D eigenvalue weighted by atomic mass is 16.6. The van der Waals surface area contributed by atoms with Crippen LogP contribution in [-0.2, 0) is 28.6 Å². The van der Waals surface area contributed by atoms with Crippen molar-refractivity contribution in [1.82, 2.24) is 0 Å². The molecular weight excluding hydrogens is 865 g/mol. The number of rotatable bonds is 50. The molecule has 0 saturated heterocycles. The second-order valence-corrected chi connectivity index (χ2v) is 18.5. The number of allylic oxidation sites excluding steroid dienone is 20. The fourth-order valence-corrected chi connectivity index (χ4v) is 7.38. The summed E-state index contributed by atoms with van der Waals surface area (Å²) < 4.78 is 16.8. The molecule has 0 rings (SSSR count). The van der Waals surface area contributed by atoms with Crippen molar-refractivity contribution in [2.24, 2.45) is 0 Å². The van der Waals surface area contributed by atoms with E-state index >= 15 is 0 Å². The molecule has 6 heteroatoms. The zero-order chi connectivity index (χ0) is 50.7. The summed E-state index contributed by atoms with van der Waals surface area (Å²) in [5.74, 6) is -1.00. The summed E-state index contributed by atoms with van der Waals surface area (Å²) in [6.07, 6.45) is 79.0. The van der Waals surface area contributed by atoms with Crippen LogP contribution in [0.2, 0.25) is 0 Å². The largest absolute Gasteiger partial charge is 0.462 e. The summed E-state index contributed by atoms with van der Waals surface area (Å²) in [6.45, 7) is 6.40. The maximum Gasteiger partial charge on any atom is 0.306 e. The van der Waals surface area contributed by atoms with E-state index in [2.05, 4.69) is 142 Å². The van der Waals surface area contributed by atoms with Crippen LogP contribution < -0.4 is 0 Å². The lowest BCUT2D eigenvalue weighted by atomic mass is 10.1. The van der Waals surface area contributed by atoms with E-state index in [0.717, 1.165) is 128 Å². The predicted molar refractivity (Wildman–Crippen MR) is 302 cm³/mol. The van der Waals surface area contributed by atoms with Crippen molar-refractivity contribution < 1.29 is 28.6 Å². The quantitative estimate of drug-likeness (QED) is 0.0262. The number of hydrogen-bond donors (Lipinski definition) is 0. The number of esters is 3. The maximum absolute atomic E-state index is 12.8. The summed E-state index contributed by atoms with van der Waals surface area (Å²) >= 11 is 0. The molecule has 70 heavy (non-hydrogen) atoms. The van der Waals surface area contributed by atoms with E-state index in [0.29, 0.717) is 19.3 Å². The molecule has 1 unspecified atom stereocenters. The highest BCUT2D eigenvalue weighted by Gasteiger charge is 2.19. The van der Waals surface area contributed by atoms with Crippen molar-refractivity contribution in [3.63, 3.8) is 0 Å². The third-order valence-electron chi connectivity index (χ3n) is 11.7.